The number of hydrogen-bond donors (Lipinski definition) is 1. The minimum absolute atomic E-state index is 0.184. The molecule has 0 aromatic rings. The highest BCUT2D eigenvalue weighted by Crippen LogP contribution is 2.40. The van der Waals surface area contributed by atoms with E-state index in [1.165, 1.54) is 0 Å². The van der Waals surface area contributed by atoms with E-state index in [2.05, 4.69) is 26.8 Å². The van der Waals surface area contributed by atoms with Gasteiger partial charge in [-0.25, -0.2) is 0 Å². The van der Waals surface area contributed by atoms with E-state index in [9.17, 15) is 5.11 Å². The van der Waals surface area contributed by atoms with Gasteiger partial charge in [-0.15, -0.1) is 0 Å². The molecular formula is C9H16O. The topological polar surface area (TPSA) is 20.2 Å². The minimum atomic E-state index is -0.213. The van der Waals surface area contributed by atoms with Crippen LogP contribution in [0.3, 0.4) is 0 Å². The Labute approximate surface area is 62.8 Å². The van der Waals surface area contributed by atoms with Crippen molar-refractivity contribution in [2.45, 2.75) is 33.8 Å². The molecule has 1 aliphatic rings. The molecule has 2 atom stereocenters. The molecule has 0 heterocycles. The Hall–Kier alpha value is -0.300. The molecule has 1 heteroatoms. The van der Waals surface area contributed by atoms with E-state index < -0.39 is 0 Å². The molecule has 2 unspecified atom stereocenters. The lowest BCUT2D eigenvalue weighted by Gasteiger charge is -2.24. The number of aliphatic hydroxyl groups is 1. The average Bonchev–Trinajstić information content (AvgIpc) is 1.95. The van der Waals surface area contributed by atoms with Crippen molar-refractivity contribution in [1.29, 1.82) is 0 Å². The molecule has 1 N–H and O–H groups in total. The van der Waals surface area contributed by atoms with Crippen molar-refractivity contribution in [2.24, 2.45) is 11.3 Å². The monoisotopic (exact) mass is 140 g/mol. The predicted octanol–water partition coefficient (Wildman–Crippen LogP) is 1.97. The molecule has 1 aliphatic carbocycles. The number of hydrogen-bond acceptors (Lipinski definition) is 1. The maximum Gasteiger partial charge on any atom is 0.0781 e. The van der Waals surface area contributed by atoms with E-state index in [0.29, 0.717) is 5.92 Å². The fraction of sp³-hybridized carbons (Fsp3) is 0.778. The lowest BCUT2D eigenvalue weighted by Crippen LogP contribution is -2.23. The Kier molecular flexibility index (Phi) is 1.63. The fourth-order valence-electron chi connectivity index (χ4n) is 1.60. The van der Waals surface area contributed by atoms with Gasteiger partial charge >= 0.3 is 0 Å². The number of aliphatic hydroxyl groups excluding tert-OH is 1. The number of allylic oxidation sites excluding steroid dienone is 1. The van der Waals surface area contributed by atoms with Crippen molar-refractivity contribution >= 4 is 0 Å². The lowest BCUT2D eigenvalue weighted by molar-refractivity contribution is 0.117. The quantitative estimate of drug-likeness (QED) is 0.510. The fourth-order valence-corrected chi connectivity index (χ4v) is 1.60. The van der Waals surface area contributed by atoms with Crippen LogP contribution in [0.1, 0.15) is 27.7 Å². The van der Waals surface area contributed by atoms with Crippen LogP contribution in [0, 0.1) is 11.3 Å². The zero-order valence-electron chi connectivity index (χ0n) is 7.18. The molecule has 0 fully saturated rings. The van der Waals surface area contributed by atoms with Gasteiger partial charge in [-0.05, 0) is 23.8 Å². The van der Waals surface area contributed by atoms with Gasteiger partial charge in [0, 0.05) is 0 Å². The van der Waals surface area contributed by atoms with Crippen molar-refractivity contribution in [1.82, 2.24) is 0 Å². The van der Waals surface area contributed by atoms with Crippen molar-refractivity contribution in [3.8, 4) is 0 Å². The Balaban J connectivity index is 2.87. The van der Waals surface area contributed by atoms with Crippen LogP contribution in [0.4, 0.5) is 0 Å². The minimum Gasteiger partial charge on any atom is -0.388 e. The highest BCUT2D eigenvalue weighted by atomic mass is 16.3. The Morgan fingerprint density at radius 1 is 1.50 bits per heavy atom. The molecule has 0 amide bonds. The van der Waals surface area contributed by atoms with Crippen molar-refractivity contribution in [3.05, 3.63) is 11.6 Å². The van der Waals surface area contributed by atoms with Crippen LogP contribution in [0.15, 0.2) is 11.6 Å². The Morgan fingerprint density at radius 3 is 2.10 bits per heavy atom. The molecule has 10 heavy (non-hydrogen) atoms. The van der Waals surface area contributed by atoms with E-state index in [4.69, 9.17) is 0 Å². The first-order chi connectivity index (χ1) is 4.45. The van der Waals surface area contributed by atoms with Gasteiger partial charge in [-0.1, -0.05) is 26.8 Å². The van der Waals surface area contributed by atoms with Gasteiger partial charge in [0.25, 0.3) is 0 Å². The first-order valence-electron chi connectivity index (χ1n) is 3.82. The van der Waals surface area contributed by atoms with Crippen LogP contribution < -0.4 is 0 Å². The third-order valence-electron chi connectivity index (χ3n) is 2.71. The van der Waals surface area contributed by atoms with Crippen LogP contribution >= 0.6 is 0 Å². The van der Waals surface area contributed by atoms with Gasteiger partial charge in [0.2, 0.25) is 0 Å². The van der Waals surface area contributed by atoms with Crippen LogP contribution in [0.2, 0.25) is 0 Å². The third kappa shape index (κ3) is 0.988. The van der Waals surface area contributed by atoms with Gasteiger partial charge in [-0.2, -0.15) is 0 Å². The van der Waals surface area contributed by atoms with E-state index >= 15 is 0 Å². The molecule has 0 bridgehead atoms. The summed E-state index contributed by atoms with van der Waals surface area (Å²) in [6.07, 6.45) is 1.96. The molecular weight excluding hydrogens is 124 g/mol. The summed E-state index contributed by atoms with van der Waals surface area (Å²) < 4.78 is 0. The first-order valence-corrected chi connectivity index (χ1v) is 3.82. The largest absolute Gasteiger partial charge is 0.388 e. The molecule has 1 nitrogen and oxygen atoms in total. The second kappa shape index (κ2) is 2.09. The summed E-state index contributed by atoms with van der Waals surface area (Å²) in [6, 6.07) is 0. The molecule has 0 aromatic carbocycles. The van der Waals surface area contributed by atoms with Crippen molar-refractivity contribution < 1.29 is 5.11 Å². The molecule has 0 spiro atoms. The zero-order chi connectivity index (χ0) is 7.94. The average molecular weight is 140 g/mol. The zero-order valence-corrected chi connectivity index (χ0v) is 7.18. The van der Waals surface area contributed by atoms with E-state index in [1.54, 1.807) is 0 Å². The standard InChI is InChI=1S/C9H16O/c1-6-5-9(3,4)7(2)8(6)10/h5,7-8,10H,1-4H3. The van der Waals surface area contributed by atoms with Crippen LogP contribution in [-0.4, -0.2) is 11.2 Å². The predicted molar refractivity (Wildman–Crippen MR) is 42.7 cm³/mol. The van der Waals surface area contributed by atoms with Crippen molar-refractivity contribution in [2.75, 3.05) is 0 Å². The Bertz CT molecular complexity index is 168. The van der Waals surface area contributed by atoms with E-state index in [0.717, 1.165) is 5.57 Å². The summed E-state index contributed by atoms with van der Waals surface area (Å²) in [4.78, 5) is 0. The summed E-state index contributed by atoms with van der Waals surface area (Å²) in [6.45, 7) is 8.42. The molecule has 0 saturated heterocycles. The van der Waals surface area contributed by atoms with E-state index in [1.807, 2.05) is 6.92 Å². The second-order valence-corrected chi connectivity index (χ2v) is 3.94. The molecule has 0 saturated carbocycles. The molecule has 0 aliphatic heterocycles. The molecule has 0 radical (unpaired) electrons. The SMILES string of the molecule is CC1=CC(C)(C)C(C)C1O. The van der Waals surface area contributed by atoms with Crippen LogP contribution in [0.25, 0.3) is 0 Å². The van der Waals surface area contributed by atoms with E-state index in [-0.39, 0.29) is 11.5 Å². The summed E-state index contributed by atoms with van der Waals surface area (Å²) in [7, 11) is 0. The van der Waals surface area contributed by atoms with Gasteiger partial charge in [0.1, 0.15) is 0 Å². The number of rotatable bonds is 0. The second-order valence-electron chi connectivity index (χ2n) is 3.94. The maximum absolute atomic E-state index is 9.53. The lowest BCUT2D eigenvalue weighted by atomic mass is 9.82. The first kappa shape index (κ1) is 7.80. The Morgan fingerprint density at radius 2 is 2.00 bits per heavy atom. The summed E-state index contributed by atoms with van der Waals surface area (Å²) >= 11 is 0. The summed E-state index contributed by atoms with van der Waals surface area (Å²) in [5.74, 6) is 0.368. The van der Waals surface area contributed by atoms with Crippen molar-refractivity contribution in [3.63, 3.8) is 0 Å². The molecule has 0 aromatic heterocycles. The van der Waals surface area contributed by atoms with Gasteiger partial charge in [0.05, 0.1) is 6.10 Å². The highest BCUT2D eigenvalue weighted by Gasteiger charge is 2.36. The van der Waals surface area contributed by atoms with Crippen LogP contribution in [0.5, 0.6) is 0 Å². The molecule has 1 rings (SSSR count). The van der Waals surface area contributed by atoms with Gasteiger partial charge < -0.3 is 5.11 Å². The maximum atomic E-state index is 9.53. The van der Waals surface area contributed by atoms with Crippen LogP contribution in [-0.2, 0) is 0 Å². The van der Waals surface area contributed by atoms with Gasteiger partial charge in [0.15, 0.2) is 0 Å². The highest BCUT2D eigenvalue weighted by molar-refractivity contribution is 5.20. The summed E-state index contributed by atoms with van der Waals surface area (Å²) in [5.41, 5.74) is 1.31. The molecule has 58 valence electrons. The summed E-state index contributed by atoms with van der Waals surface area (Å²) in [5, 5.41) is 9.53. The normalized spacial score (nSPS) is 37.9. The smallest absolute Gasteiger partial charge is 0.0781 e. The van der Waals surface area contributed by atoms with Gasteiger partial charge in [-0.3, -0.25) is 0 Å². The third-order valence-corrected chi connectivity index (χ3v) is 2.71.